The van der Waals surface area contributed by atoms with Crippen molar-refractivity contribution in [1.82, 2.24) is 9.78 Å². The molecule has 0 aliphatic heterocycles. The van der Waals surface area contributed by atoms with Crippen LogP contribution in [0.5, 0.6) is 5.75 Å². The largest absolute Gasteiger partial charge is 0.497 e. The van der Waals surface area contributed by atoms with Gasteiger partial charge >= 0.3 is 0 Å². The Hall–Kier alpha value is -3.34. The molecule has 0 atom stereocenters. The van der Waals surface area contributed by atoms with Crippen LogP contribution in [0, 0.1) is 0 Å². The van der Waals surface area contributed by atoms with Crippen molar-refractivity contribution in [2.75, 3.05) is 12.4 Å². The molecule has 2 aromatic carbocycles. The Labute approximate surface area is 140 Å². The van der Waals surface area contributed by atoms with Gasteiger partial charge in [0, 0.05) is 18.3 Å². The van der Waals surface area contributed by atoms with Crippen LogP contribution in [-0.2, 0) is 4.79 Å². The summed E-state index contributed by atoms with van der Waals surface area (Å²) < 4.78 is 6.82. The molecule has 0 aliphatic rings. The number of methoxy groups -OCH3 is 1. The fourth-order valence-corrected chi connectivity index (χ4v) is 2.17. The monoisotopic (exact) mass is 319 g/mol. The van der Waals surface area contributed by atoms with E-state index in [1.54, 1.807) is 30.1 Å². The number of carbonyl (C=O) groups excluding carboxylic acids is 1. The van der Waals surface area contributed by atoms with Crippen LogP contribution in [0.1, 0.15) is 5.56 Å². The Kier molecular flexibility index (Phi) is 4.72. The predicted molar refractivity (Wildman–Crippen MR) is 94.2 cm³/mol. The highest BCUT2D eigenvalue weighted by atomic mass is 16.5. The van der Waals surface area contributed by atoms with Gasteiger partial charge in [0.25, 0.3) is 0 Å². The number of nitrogens with zero attached hydrogens (tertiary/aromatic N) is 2. The van der Waals surface area contributed by atoms with Crippen LogP contribution in [0.4, 0.5) is 5.82 Å². The summed E-state index contributed by atoms with van der Waals surface area (Å²) in [5.41, 5.74) is 1.85. The van der Waals surface area contributed by atoms with Gasteiger partial charge in [-0.15, -0.1) is 0 Å². The van der Waals surface area contributed by atoms with Crippen molar-refractivity contribution in [3.63, 3.8) is 0 Å². The Balaban J connectivity index is 1.65. The molecule has 1 N–H and O–H groups in total. The molecule has 0 unspecified atom stereocenters. The van der Waals surface area contributed by atoms with Crippen molar-refractivity contribution in [1.29, 1.82) is 0 Å². The fraction of sp³-hybridized carbons (Fsp3) is 0.0526. The maximum Gasteiger partial charge on any atom is 0.249 e. The molecule has 0 spiro atoms. The highest BCUT2D eigenvalue weighted by molar-refractivity contribution is 6.01. The molecular formula is C19H17N3O2. The zero-order valence-corrected chi connectivity index (χ0v) is 13.2. The third-order valence-corrected chi connectivity index (χ3v) is 3.40. The summed E-state index contributed by atoms with van der Waals surface area (Å²) in [4.78, 5) is 12.0. The summed E-state index contributed by atoms with van der Waals surface area (Å²) in [6.45, 7) is 0. The normalized spacial score (nSPS) is 10.7. The van der Waals surface area contributed by atoms with Crippen LogP contribution in [0.3, 0.4) is 0 Å². The van der Waals surface area contributed by atoms with E-state index in [0.717, 1.165) is 17.0 Å². The molecule has 3 aromatic rings. The first-order chi connectivity index (χ1) is 11.7. The highest BCUT2D eigenvalue weighted by Gasteiger charge is 2.04. The molecular weight excluding hydrogens is 302 g/mol. The number of benzene rings is 2. The molecule has 0 radical (unpaired) electrons. The first-order valence-electron chi connectivity index (χ1n) is 7.49. The van der Waals surface area contributed by atoms with Gasteiger partial charge < -0.3 is 10.1 Å². The first kappa shape index (κ1) is 15.6. The highest BCUT2D eigenvalue weighted by Crippen LogP contribution is 2.15. The van der Waals surface area contributed by atoms with Crippen LogP contribution < -0.4 is 10.1 Å². The van der Waals surface area contributed by atoms with Crippen LogP contribution in [0.2, 0.25) is 0 Å². The topological polar surface area (TPSA) is 56.1 Å². The molecule has 5 nitrogen and oxygen atoms in total. The summed E-state index contributed by atoms with van der Waals surface area (Å²) in [5, 5.41) is 7.08. The zero-order valence-electron chi connectivity index (χ0n) is 13.2. The zero-order chi connectivity index (χ0) is 16.8. The number of rotatable bonds is 5. The van der Waals surface area contributed by atoms with Gasteiger partial charge in [-0.25, -0.2) is 4.68 Å². The van der Waals surface area contributed by atoms with Gasteiger partial charge in [0.15, 0.2) is 5.82 Å². The molecule has 0 saturated carbocycles. The summed E-state index contributed by atoms with van der Waals surface area (Å²) in [6, 6.07) is 18.9. The van der Waals surface area contributed by atoms with E-state index in [9.17, 15) is 4.79 Å². The summed E-state index contributed by atoms with van der Waals surface area (Å²) in [6.07, 6.45) is 5.04. The van der Waals surface area contributed by atoms with E-state index in [1.807, 2.05) is 54.6 Å². The van der Waals surface area contributed by atoms with Crippen molar-refractivity contribution in [3.05, 3.63) is 78.5 Å². The molecule has 1 heterocycles. The van der Waals surface area contributed by atoms with Crippen LogP contribution in [-0.4, -0.2) is 22.8 Å². The lowest BCUT2D eigenvalue weighted by molar-refractivity contribution is -0.111. The standard InChI is InChI=1S/C19H17N3O2/c1-24-17-10-8-16(9-11-17)22-14-13-18(21-22)20-19(23)12-7-15-5-3-2-4-6-15/h2-14H,1H3,(H,20,21,23)/b12-7+. The van der Waals surface area contributed by atoms with Crippen LogP contribution in [0.25, 0.3) is 11.8 Å². The number of carbonyl (C=O) groups is 1. The molecule has 1 amide bonds. The minimum atomic E-state index is -0.223. The Bertz CT molecular complexity index is 837. The summed E-state index contributed by atoms with van der Waals surface area (Å²) in [5.74, 6) is 1.05. The number of nitrogens with one attached hydrogen (secondary N) is 1. The van der Waals surface area contributed by atoms with Gasteiger partial charge in [0.2, 0.25) is 5.91 Å². The van der Waals surface area contributed by atoms with E-state index in [-0.39, 0.29) is 5.91 Å². The minimum Gasteiger partial charge on any atom is -0.497 e. The second kappa shape index (κ2) is 7.28. The van der Waals surface area contributed by atoms with Gasteiger partial charge in [-0.1, -0.05) is 30.3 Å². The summed E-state index contributed by atoms with van der Waals surface area (Å²) >= 11 is 0. The predicted octanol–water partition coefficient (Wildman–Crippen LogP) is 3.53. The number of ether oxygens (including phenoxy) is 1. The number of hydrogen-bond donors (Lipinski definition) is 1. The average molecular weight is 319 g/mol. The van der Waals surface area contributed by atoms with Gasteiger partial charge in [0.1, 0.15) is 5.75 Å². The van der Waals surface area contributed by atoms with E-state index < -0.39 is 0 Å². The van der Waals surface area contributed by atoms with Gasteiger partial charge in [-0.3, -0.25) is 4.79 Å². The minimum absolute atomic E-state index is 0.223. The Morgan fingerprint density at radius 1 is 1.08 bits per heavy atom. The molecule has 0 bridgehead atoms. The Morgan fingerprint density at radius 2 is 1.83 bits per heavy atom. The second-order valence-electron chi connectivity index (χ2n) is 5.08. The number of aromatic nitrogens is 2. The molecule has 120 valence electrons. The Morgan fingerprint density at radius 3 is 2.54 bits per heavy atom. The fourth-order valence-electron chi connectivity index (χ4n) is 2.17. The lowest BCUT2D eigenvalue weighted by Crippen LogP contribution is -2.08. The lowest BCUT2D eigenvalue weighted by atomic mass is 10.2. The second-order valence-corrected chi connectivity index (χ2v) is 5.08. The third-order valence-electron chi connectivity index (χ3n) is 3.40. The van der Waals surface area contributed by atoms with Crippen molar-refractivity contribution >= 4 is 17.8 Å². The van der Waals surface area contributed by atoms with E-state index >= 15 is 0 Å². The summed E-state index contributed by atoms with van der Waals surface area (Å²) in [7, 11) is 1.62. The third kappa shape index (κ3) is 3.89. The van der Waals surface area contributed by atoms with Crippen LogP contribution in [0.15, 0.2) is 72.9 Å². The first-order valence-corrected chi connectivity index (χ1v) is 7.49. The van der Waals surface area contributed by atoms with E-state index in [1.165, 1.54) is 6.08 Å². The van der Waals surface area contributed by atoms with Crippen molar-refractivity contribution in [2.24, 2.45) is 0 Å². The number of amides is 1. The van der Waals surface area contributed by atoms with Crippen LogP contribution >= 0.6 is 0 Å². The smallest absolute Gasteiger partial charge is 0.249 e. The van der Waals surface area contributed by atoms with Crippen molar-refractivity contribution < 1.29 is 9.53 Å². The maximum absolute atomic E-state index is 12.0. The quantitative estimate of drug-likeness (QED) is 0.732. The molecule has 5 heteroatoms. The molecule has 0 fully saturated rings. The van der Waals surface area contributed by atoms with Crippen molar-refractivity contribution in [3.8, 4) is 11.4 Å². The molecule has 0 aliphatic carbocycles. The van der Waals surface area contributed by atoms with Crippen molar-refractivity contribution in [2.45, 2.75) is 0 Å². The number of hydrogen-bond acceptors (Lipinski definition) is 3. The van der Waals surface area contributed by atoms with Gasteiger partial charge in [0.05, 0.1) is 12.8 Å². The van der Waals surface area contributed by atoms with E-state index in [0.29, 0.717) is 5.82 Å². The lowest BCUT2D eigenvalue weighted by Gasteiger charge is -2.03. The SMILES string of the molecule is COc1ccc(-n2ccc(NC(=O)/C=C/c3ccccc3)n2)cc1. The van der Waals surface area contributed by atoms with Gasteiger partial charge in [-0.2, -0.15) is 5.10 Å². The number of anilines is 1. The van der Waals surface area contributed by atoms with Gasteiger partial charge in [-0.05, 0) is 35.9 Å². The molecule has 24 heavy (non-hydrogen) atoms. The van der Waals surface area contributed by atoms with E-state index in [4.69, 9.17) is 4.74 Å². The molecule has 1 aromatic heterocycles. The van der Waals surface area contributed by atoms with E-state index in [2.05, 4.69) is 10.4 Å². The average Bonchev–Trinajstić information content (AvgIpc) is 3.09. The maximum atomic E-state index is 12.0. The molecule has 0 saturated heterocycles. The molecule has 3 rings (SSSR count).